The van der Waals surface area contributed by atoms with E-state index in [4.69, 9.17) is 5.73 Å². The van der Waals surface area contributed by atoms with E-state index in [0.717, 1.165) is 30.2 Å². The van der Waals surface area contributed by atoms with Crippen LogP contribution in [0.1, 0.15) is 17.7 Å². The van der Waals surface area contributed by atoms with Gasteiger partial charge in [-0.1, -0.05) is 0 Å². The number of anilines is 2. The van der Waals surface area contributed by atoms with E-state index >= 15 is 0 Å². The first-order valence-corrected chi connectivity index (χ1v) is 6.05. The summed E-state index contributed by atoms with van der Waals surface area (Å²) in [6, 6.07) is 2.37. The maximum atomic E-state index is 13.5. The Morgan fingerprint density at radius 3 is 2.84 bits per heavy atom. The van der Waals surface area contributed by atoms with Crippen molar-refractivity contribution in [3.63, 3.8) is 0 Å². The maximum Gasteiger partial charge on any atom is 0.183 e. The fourth-order valence-electron chi connectivity index (χ4n) is 1.87. The minimum absolute atomic E-state index is 0.0314. The number of nitrogens with zero attached hydrogens (tertiary/aromatic N) is 1. The van der Waals surface area contributed by atoms with Gasteiger partial charge in [-0.25, -0.2) is 8.78 Å². The van der Waals surface area contributed by atoms with Gasteiger partial charge in [-0.05, 0) is 37.5 Å². The molecular formula is C13H16F2N4. The summed E-state index contributed by atoms with van der Waals surface area (Å²) < 4.78 is 26.6. The van der Waals surface area contributed by atoms with Crippen molar-refractivity contribution < 1.29 is 8.78 Å². The Morgan fingerprint density at radius 2 is 2.16 bits per heavy atom. The van der Waals surface area contributed by atoms with Crippen LogP contribution in [-0.2, 0) is 6.42 Å². The molecule has 0 bridgehead atoms. The summed E-state index contributed by atoms with van der Waals surface area (Å²) in [5.41, 5.74) is 7.99. The summed E-state index contributed by atoms with van der Waals surface area (Å²) in [6.07, 6.45) is 3.36. The first-order chi connectivity index (χ1) is 9.09. The lowest BCUT2D eigenvalue weighted by Crippen LogP contribution is -2.08. The van der Waals surface area contributed by atoms with Gasteiger partial charge in [-0.3, -0.25) is 5.10 Å². The molecule has 0 saturated carbocycles. The number of hydrogen-bond donors (Lipinski definition) is 3. The molecule has 19 heavy (non-hydrogen) atoms. The Bertz CT molecular complexity index is 566. The van der Waals surface area contributed by atoms with Crippen molar-refractivity contribution in [2.24, 2.45) is 0 Å². The monoisotopic (exact) mass is 266 g/mol. The zero-order valence-corrected chi connectivity index (χ0v) is 10.6. The lowest BCUT2D eigenvalue weighted by atomic mass is 10.1. The van der Waals surface area contributed by atoms with E-state index in [0.29, 0.717) is 6.54 Å². The maximum absolute atomic E-state index is 13.5. The molecule has 4 N–H and O–H groups in total. The summed E-state index contributed by atoms with van der Waals surface area (Å²) in [7, 11) is 0. The second-order valence-corrected chi connectivity index (χ2v) is 4.38. The Labute approximate surface area is 110 Å². The number of benzene rings is 1. The van der Waals surface area contributed by atoms with Crippen LogP contribution in [0.4, 0.5) is 20.2 Å². The average molecular weight is 266 g/mol. The zero-order valence-electron chi connectivity index (χ0n) is 10.6. The molecule has 0 aliphatic heterocycles. The Kier molecular flexibility index (Phi) is 3.99. The minimum atomic E-state index is -0.931. The van der Waals surface area contributed by atoms with Crippen LogP contribution in [0.2, 0.25) is 0 Å². The number of aromatic amines is 1. The number of nitrogen functional groups attached to an aromatic ring is 1. The molecule has 4 nitrogen and oxygen atoms in total. The van der Waals surface area contributed by atoms with Crippen LogP contribution < -0.4 is 11.1 Å². The first-order valence-electron chi connectivity index (χ1n) is 6.05. The van der Waals surface area contributed by atoms with Gasteiger partial charge in [-0.15, -0.1) is 0 Å². The van der Waals surface area contributed by atoms with Crippen LogP contribution in [0.5, 0.6) is 0 Å². The third kappa shape index (κ3) is 3.01. The lowest BCUT2D eigenvalue weighted by molar-refractivity contribution is 0.511. The smallest absolute Gasteiger partial charge is 0.183 e. The molecule has 1 aromatic carbocycles. The predicted molar refractivity (Wildman–Crippen MR) is 70.9 cm³/mol. The average Bonchev–Trinajstić information content (AvgIpc) is 2.79. The molecule has 0 unspecified atom stereocenters. The minimum Gasteiger partial charge on any atom is -0.397 e. The number of nitrogens with one attached hydrogen (secondary N) is 2. The molecule has 1 aromatic heterocycles. The topological polar surface area (TPSA) is 66.7 Å². The summed E-state index contributed by atoms with van der Waals surface area (Å²) in [5, 5.41) is 9.61. The van der Waals surface area contributed by atoms with Crippen LogP contribution in [0.3, 0.4) is 0 Å². The lowest BCUT2D eigenvalue weighted by Gasteiger charge is -2.10. The normalized spacial score (nSPS) is 10.7. The predicted octanol–water partition coefficient (Wildman–Crippen LogP) is 2.62. The molecule has 2 aromatic rings. The van der Waals surface area contributed by atoms with Gasteiger partial charge in [0.05, 0.1) is 17.6 Å². The van der Waals surface area contributed by atoms with Gasteiger partial charge in [-0.2, -0.15) is 5.10 Å². The third-order valence-corrected chi connectivity index (χ3v) is 2.99. The number of aromatic nitrogens is 2. The van der Waals surface area contributed by atoms with E-state index in [9.17, 15) is 8.78 Å². The van der Waals surface area contributed by atoms with E-state index in [2.05, 4.69) is 15.5 Å². The van der Waals surface area contributed by atoms with Gasteiger partial charge in [0.25, 0.3) is 0 Å². The molecule has 0 saturated heterocycles. The largest absolute Gasteiger partial charge is 0.397 e. The Hall–Kier alpha value is -2.11. The molecule has 0 aliphatic rings. The number of aryl methyl sites for hydroxylation is 2. The van der Waals surface area contributed by atoms with Crippen LogP contribution >= 0.6 is 0 Å². The van der Waals surface area contributed by atoms with Crippen LogP contribution in [-0.4, -0.2) is 16.7 Å². The van der Waals surface area contributed by atoms with E-state index in [1.807, 2.05) is 6.92 Å². The summed E-state index contributed by atoms with van der Waals surface area (Å²) in [6.45, 7) is 2.45. The zero-order chi connectivity index (χ0) is 13.8. The van der Waals surface area contributed by atoms with Crippen LogP contribution in [0.25, 0.3) is 0 Å². The van der Waals surface area contributed by atoms with Crippen LogP contribution in [0.15, 0.2) is 18.3 Å². The molecule has 2 rings (SSSR count). The number of nitrogens with two attached hydrogens (primary N) is 1. The van der Waals surface area contributed by atoms with Gasteiger partial charge in [0.1, 0.15) is 0 Å². The summed E-state index contributed by atoms with van der Waals surface area (Å²) in [5.74, 6) is -1.83. The van der Waals surface area contributed by atoms with Crippen molar-refractivity contribution in [3.8, 4) is 0 Å². The molecule has 0 radical (unpaired) electrons. The quantitative estimate of drug-likeness (QED) is 0.575. The Balaban J connectivity index is 1.90. The van der Waals surface area contributed by atoms with Gasteiger partial charge >= 0.3 is 0 Å². The number of rotatable bonds is 5. The molecule has 0 fully saturated rings. The molecule has 0 atom stereocenters. The second kappa shape index (κ2) is 5.69. The van der Waals surface area contributed by atoms with Crippen molar-refractivity contribution in [1.29, 1.82) is 0 Å². The molecule has 0 aliphatic carbocycles. The van der Waals surface area contributed by atoms with Crippen molar-refractivity contribution in [2.45, 2.75) is 19.8 Å². The highest BCUT2D eigenvalue weighted by Crippen LogP contribution is 2.24. The molecule has 6 heteroatoms. The van der Waals surface area contributed by atoms with Gasteiger partial charge in [0.2, 0.25) is 0 Å². The van der Waals surface area contributed by atoms with E-state index in [-0.39, 0.29) is 11.4 Å². The fraction of sp³-hybridized carbons (Fsp3) is 0.308. The molecular weight excluding hydrogens is 250 g/mol. The standard InChI is InChI=1S/C13H16F2N4/c1-8-9(7-18-19-8)3-2-6-17-13-11(16)5-4-10(14)12(13)15/h4-5,7,17H,2-3,6,16H2,1H3,(H,18,19). The van der Waals surface area contributed by atoms with Crippen molar-refractivity contribution >= 4 is 11.4 Å². The van der Waals surface area contributed by atoms with E-state index in [1.165, 1.54) is 6.07 Å². The van der Waals surface area contributed by atoms with Gasteiger partial charge in [0, 0.05) is 12.2 Å². The molecule has 102 valence electrons. The van der Waals surface area contributed by atoms with Crippen molar-refractivity contribution in [2.75, 3.05) is 17.6 Å². The third-order valence-electron chi connectivity index (χ3n) is 2.99. The number of H-pyrrole nitrogens is 1. The van der Waals surface area contributed by atoms with Crippen LogP contribution in [0, 0.1) is 18.6 Å². The fourth-order valence-corrected chi connectivity index (χ4v) is 1.87. The SMILES string of the molecule is Cc1[nH]ncc1CCCNc1c(N)ccc(F)c1F. The highest BCUT2D eigenvalue weighted by Gasteiger charge is 2.11. The van der Waals surface area contributed by atoms with Crippen molar-refractivity contribution in [3.05, 3.63) is 41.2 Å². The highest BCUT2D eigenvalue weighted by molar-refractivity contribution is 5.66. The molecule has 0 amide bonds. The second-order valence-electron chi connectivity index (χ2n) is 4.38. The summed E-state index contributed by atoms with van der Waals surface area (Å²) >= 11 is 0. The van der Waals surface area contributed by atoms with Gasteiger partial charge in [0.15, 0.2) is 11.6 Å². The number of hydrogen-bond acceptors (Lipinski definition) is 3. The van der Waals surface area contributed by atoms with Crippen molar-refractivity contribution in [1.82, 2.24) is 10.2 Å². The highest BCUT2D eigenvalue weighted by atomic mass is 19.2. The Morgan fingerprint density at radius 1 is 1.37 bits per heavy atom. The molecule has 1 heterocycles. The first kappa shape index (κ1) is 13.3. The van der Waals surface area contributed by atoms with E-state index < -0.39 is 11.6 Å². The summed E-state index contributed by atoms with van der Waals surface area (Å²) in [4.78, 5) is 0. The van der Waals surface area contributed by atoms with E-state index in [1.54, 1.807) is 6.20 Å². The number of halogens is 2. The molecule has 0 spiro atoms. The van der Waals surface area contributed by atoms with Gasteiger partial charge < -0.3 is 11.1 Å².